The number of hydrogen-bond acceptors (Lipinski definition) is 2. The van der Waals surface area contributed by atoms with Crippen molar-refractivity contribution in [2.45, 2.75) is 50.5 Å². The molecular weight excluding hydrogens is 258 g/mol. The zero-order valence-corrected chi connectivity index (χ0v) is 12.3. The SMILES string of the molecule is C#CCC(CC)NS(=O)(=O)c1ccc(CCC)cc1. The second kappa shape index (κ2) is 7.32. The van der Waals surface area contributed by atoms with E-state index in [1.54, 1.807) is 12.1 Å². The monoisotopic (exact) mass is 279 g/mol. The Bertz CT molecular complexity index is 526. The molecule has 1 unspecified atom stereocenters. The first-order valence-electron chi connectivity index (χ1n) is 6.58. The average molecular weight is 279 g/mol. The molecule has 0 fully saturated rings. The molecule has 0 spiro atoms. The van der Waals surface area contributed by atoms with Crippen LogP contribution >= 0.6 is 0 Å². The van der Waals surface area contributed by atoms with Crippen molar-refractivity contribution in [2.24, 2.45) is 0 Å². The van der Waals surface area contributed by atoms with E-state index in [-0.39, 0.29) is 6.04 Å². The van der Waals surface area contributed by atoms with Crippen LogP contribution in [0.5, 0.6) is 0 Å². The van der Waals surface area contributed by atoms with E-state index in [9.17, 15) is 8.42 Å². The van der Waals surface area contributed by atoms with Crippen molar-refractivity contribution in [3.63, 3.8) is 0 Å². The number of nitrogens with one attached hydrogen (secondary N) is 1. The van der Waals surface area contributed by atoms with E-state index in [2.05, 4.69) is 17.6 Å². The second-order valence-corrected chi connectivity index (χ2v) is 6.24. The molecule has 104 valence electrons. The Balaban J connectivity index is 2.85. The van der Waals surface area contributed by atoms with E-state index < -0.39 is 10.0 Å². The number of terminal acetylenes is 1. The highest BCUT2D eigenvalue weighted by Gasteiger charge is 2.18. The van der Waals surface area contributed by atoms with Crippen LogP contribution < -0.4 is 4.72 Å². The van der Waals surface area contributed by atoms with Gasteiger partial charge in [-0.3, -0.25) is 0 Å². The van der Waals surface area contributed by atoms with Crippen molar-refractivity contribution in [2.75, 3.05) is 0 Å². The maximum atomic E-state index is 12.2. The van der Waals surface area contributed by atoms with Crippen LogP contribution in [0.15, 0.2) is 29.2 Å². The summed E-state index contributed by atoms with van der Waals surface area (Å²) in [5.41, 5.74) is 1.15. The molecule has 0 saturated carbocycles. The normalized spacial score (nSPS) is 12.9. The molecule has 0 aliphatic heterocycles. The van der Waals surface area contributed by atoms with Crippen LogP contribution in [-0.4, -0.2) is 14.5 Å². The standard InChI is InChI=1S/C15H21NO2S/c1-4-7-13-9-11-15(12-10-13)19(17,18)16-14(6-3)8-5-2/h2,9-12,14,16H,4,6-8H2,1,3H3. The molecule has 0 amide bonds. The Hall–Kier alpha value is -1.31. The maximum Gasteiger partial charge on any atom is 0.240 e. The van der Waals surface area contributed by atoms with Crippen LogP contribution in [0.2, 0.25) is 0 Å². The van der Waals surface area contributed by atoms with Gasteiger partial charge in [0.2, 0.25) is 10.0 Å². The molecular formula is C15H21NO2S. The molecule has 4 heteroatoms. The molecule has 1 aromatic rings. The van der Waals surface area contributed by atoms with Crippen LogP contribution in [-0.2, 0) is 16.4 Å². The highest BCUT2D eigenvalue weighted by molar-refractivity contribution is 7.89. The zero-order chi connectivity index (χ0) is 14.3. The van der Waals surface area contributed by atoms with Gasteiger partial charge in [0.25, 0.3) is 0 Å². The van der Waals surface area contributed by atoms with Gasteiger partial charge in [0.05, 0.1) is 4.90 Å². The number of aryl methyl sites for hydroxylation is 1. The molecule has 0 radical (unpaired) electrons. The Morgan fingerprint density at radius 1 is 1.26 bits per heavy atom. The molecule has 3 nitrogen and oxygen atoms in total. The van der Waals surface area contributed by atoms with Crippen molar-refractivity contribution in [1.29, 1.82) is 0 Å². The van der Waals surface area contributed by atoms with Crippen molar-refractivity contribution in [3.05, 3.63) is 29.8 Å². The summed E-state index contributed by atoms with van der Waals surface area (Å²) >= 11 is 0. The number of hydrogen-bond donors (Lipinski definition) is 1. The van der Waals surface area contributed by atoms with Crippen LogP contribution in [0.4, 0.5) is 0 Å². The Morgan fingerprint density at radius 3 is 2.37 bits per heavy atom. The molecule has 0 aliphatic carbocycles. The average Bonchev–Trinajstić information content (AvgIpc) is 2.39. The van der Waals surface area contributed by atoms with E-state index in [0.29, 0.717) is 17.7 Å². The lowest BCUT2D eigenvalue weighted by atomic mass is 10.1. The van der Waals surface area contributed by atoms with Gasteiger partial charge in [-0.25, -0.2) is 13.1 Å². The molecule has 1 N–H and O–H groups in total. The Morgan fingerprint density at radius 2 is 1.89 bits per heavy atom. The fourth-order valence-electron chi connectivity index (χ4n) is 1.82. The van der Waals surface area contributed by atoms with Gasteiger partial charge < -0.3 is 0 Å². The summed E-state index contributed by atoms with van der Waals surface area (Å²) in [6.07, 6.45) is 8.32. The molecule has 1 atom stereocenters. The second-order valence-electron chi connectivity index (χ2n) is 4.53. The van der Waals surface area contributed by atoms with E-state index in [0.717, 1.165) is 18.4 Å². The van der Waals surface area contributed by atoms with Crippen LogP contribution in [0.3, 0.4) is 0 Å². The summed E-state index contributed by atoms with van der Waals surface area (Å²) in [5, 5.41) is 0. The molecule has 19 heavy (non-hydrogen) atoms. The topological polar surface area (TPSA) is 46.2 Å². The fourth-order valence-corrected chi connectivity index (χ4v) is 3.14. The summed E-state index contributed by atoms with van der Waals surface area (Å²) in [6.45, 7) is 4.01. The first-order chi connectivity index (χ1) is 9.03. The number of rotatable bonds is 7. The van der Waals surface area contributed by atoms with Gasteiger partial charge >= 0.3 is 0 Å². The van der Waals surface area contributed by atoms with Crippen molar-refractivity contribution in [3.8, 4) is 12.3 Å². The lowest BCUT2D eigenvalue weighted by molar-refractivity contribution is 0.544. The fraction of sp³-hybridized carbons (Fsp3) is 0.467. The number of sulfonamides is 1. The van der Waals surface area contributed by atoms with Crippen molar-refractivity contribution >= 4 is 10.0 Å². The smallest absolute Gasteiger partial charge is 0.207 e. The lowest BCUT2D eigenvalue weighted by Gasteiger charge is -2.14. The molecule has 0 bridgehead atoms. The summed E-state index contributed by atoms with van der Waals surface area (Å²) in [5.74, 6) is 2.49. The Labute approximate surface area is 116 Å². The van der Waals surface area contributed by atoms with Crippen molar-refractivity contribution in [1.82, 2.24) is 4.72 Å². The van der Waals surface area contributed by atoms with Crippen LogP contribution in [0.1, 0.15) is 38.7 Å². The summed E-state index contributed by atoms with van der Waals surface area (Å²) in [4.78, 5) is 0.294. The molecule has 1 rings (SSSR count). The van der Waals surface area contributed by atoms with Gasteiger partial charge in [-0.15, -0.1) is 12.3 Å². The molecule has 0 aliphatic rings. The highest BCUT2D eigenvalue weighted by Crippen LogP contribution is 2.13. The summed E-state index contributed by atoms with van der Waals surface area (Å²) in [7, 11) is -3.47. The van der Waals surface area contributed by atoms with Gasteiger partial charge in [0, 0.05) is 12.5 Å². The third-order valence-electron chi connectivity index (χ3n) is 2.95. The molecule has 0 saturated heterocycles. The molecule has 0 heterocycles. The maximum absolute atomic E-state index is 12.2. The van der Waals surface area contributed by atoms with Crippen LogP contribution in [0.25, 0.3) is 0 Å². The third-order valence-corrected chi connectivity index (χ3v) is 4.49. The minimum absolute atomic E-state index is 0.203. The van der Waals surface area contributed by atoms with E-state index >= 15 is 0 Å². The first-order valence-corrected chi connectivity index (χ1v) is 8.06. The Kier molecular flexibility index (Phi) is 6.07. The quantitative estimate of drug-likeness (QED) is 0.780. The minimum atomic E-state index is -3.47. The summed E-state index contributed by atoms with van der Waals surface area (Å²) in [6, 6.07) is 6.82. The first kappa shape index (κ1) is 15.7. The van der Waals surface area contributed by atoms with Gasteiger partial charge in [0.15, 0.2) is 0 Å². The zero-order valence-electron chi connectivity index (χ0n) is 11.5. The molecule has 1 aromatic carbocycles. The lowest BCUT2D eigenvalue weighted by Crippen LogP contribution is -2.34. The molecule has 0 aromatic heterocycles. The van der Waals surface area contributed by atoms with E-state index in [1.165, 1.54) is 0 Å². The van der Waals surface area contributed by atoms with Gasteiger partial charge in [-0.05, 0) is 30.5 Å². The largest absolute Gasteiger partial charge is 0.240 e. The van der Waals surface area contributed by atoms with E-state index in [1.807, 2.05) is 19.1 Å². The predicted molar refractivity (Wildman–Crippen MR) is 78.3 cm³/mol. The number of benzene rings is 1. The van der Waals surface area contributed by atoms with Gasteiger partial charge in [-0.2, -0.15) is 0 Å². The third kappa shape index (κ3) is 4.70. The summed E-state index contributed by atoms with van der Waals surface area (Å²) < 4.78 is 27.0. The van der Waals surface area contributed by atoms with Crippen LogP contribution in [0, 0.1) is 12.3 Å². The van der Waals surface area contributed by atoms with Crippen molar-refractivity contribution < 1.29 is 8.42 Å². The minimum Gasteiger partial charge on any atom is -0.207 e. The van der Waals surface area contributed by atoms with Gasteiger partial charge in [-0.1, -0.05) is 32.4 Å². The predicted octanol–water partition coefficient (Wildman–Crippen LogP) is 2.72. The van der Waals surface area contributed by atoms with Gasteiger partial charge in [0.1, 0.15) is 0 Å². The highest BCUT2D eigenvalue weighted by atomic mass is 32.2. The van der Waals surface area contributed by atoms with E-state index in [4.69, 9.17) is 6.42 Å².